The number of benzene rings is 2. The van der Waals surface area contributed by atoms with Crippen molar-refractivity contribution in [3.8, 4) is 28.4 Å². The summed E-state index contributed by atoms with van der Waals surface area (Å²) in [6.45, 7) is 21.4. The van der Waals surface area contributed by atoms with Crippen LogP contribution in [0.4, 0.5) is 11.6 Å². The number of aromatic nitrogens is 3. The number of nitrogens with one attached hydrogen (secondary N) is 1. The molecule has 374 valence electrons. The van der Waals surface area contributed by atoms with Gasteiger partial charge in [-0.2, -0.15) is 0 Å². The van der Waals surface area contributed by atoms with Gasteiger partial charge in [-0.1, -0.05) is 105 Å². The first-order chi connectivity index (χ1) is 33.4. The maximum absolute atomic E-state index is 12.2. The number of nitrogens with zero attached hydrogens (tertiary/aromatic N) is 6. The molecule has 0 unspecified atom stereocenters. The maximum Gasteiger partial charge on any atom is 0.340 e. The van der Waals surface area contributed by atoms with E-state index in [1.54, 1.807) is 45.5 Å². The zero-order chi connectivity index (χ0) is 50.5. The van der Waals surface area contributed by atoms with Gasteiger partial charge in [0.15, 0.2) is 0 Å². The topological polar surface area (TPSA) is 153 Å². The van der Waals surface area contributed by atoms with Crippen LogP contribution < -0.4 is 24.8 Å². The largest absolute Gasteiger partial charge is 0.496 e. The molecule has 4 heterocycles. The first kappa shape index (κ1) is 52.4. The Kier molecular flexibility index (Phi) is 16.7. The molecule has 70 heavy (non-hydrogen) atoms. The van der Waals surface area contributed by atoms with Gasteiger partial charge in [0.05, 0.1) is 50.0 Å². The van der Waals surface area contributed by atoms with Crippen molar-refractivity contribution in [2.75, 3.05) is 26.6 Å². The van der Waals surface area contributed by atoms with E-state index in [9.17, 15) is 4.79 Å². The number of esters is 1. The predicted molar refractivity (Wildman–Crippen MR) is 287 cm³/mol. The van der Waals surface area contributed by atoms with E-state index >= 15 is 0 Å². The highest BCUT2D eigenvalue weighted by atomic mass is 31.1. The Bertz CT molecular complexity index is 2670. The SMILES string of the molecule is COc1ccc(OC)c(P(C2CCCCC2)C2CCCCC2)c1-c1c(C(C)C)cc(C(C)C)cc1C(C)C.COc1cnc(C(C)(C)N=[N+]=[N-])c2cc(Nc3ccc4c(n3)CC(C)(C)OC4=O)ncc12. The number of methoxy groups -OCH3 is 3. The third-order valence-corrected chi connectivity index (χ3v) is 17.9. The molecule has 3 aromatic heterocycles. The summed E-state index contributed by atoms with van der Waals surface area (Å²) in [5.74, 6) is 4.76. The number of azide groups is 1. The number of cyclic esters (lactones) is 1. The van der Waals surface area contributed by atoms with E-state index in [1.807, 2.05) is 34.1 Å². The summed E-state index contributed by atoms with van der Waals surface area (Å²) in [6.07, 6.45) is 17.6. The fraction of sp³-hybridized carbons (Fsp3) is 0.544. The molecule has 0 bridgehead atoms. The van der Waals surface area contributed by atoms with Crippen molar-refractivity contribution in [3.05, 3.63) is 98.9 Å². The fourth-order valence-electron chi connectivity index (χ4n) is 10.8. The highest BCUT2D eigenvalue weighted by Gasteiger charge is 2.38. The molecule has 0 atom stereocenters. The molecule has 2 aromatic carbocycles. The van der Waals surface area contributed by atoms with E-state index in [4.69, 9.17) is 24.5 Å². The van der Waals surface area contributed by atoms with Crippen LogP contribution in [0.2, 0.25) is 0 Å². The van der Waals surface area contributed by atoms with Crippen LogP contribution in [0, 0.1) is 0 Å². The van der Waals surface area contributed by atoms with Gasteiger partial charge in [-0.3, -0.25) is 4.98 Å². The van der Waals surface area contributed by atoms with Gasteiger partial charge in [0.25, 0.3) is 0 Å². The maximum atomic E-state index is 12.2. The summed E-state index contributed by atoms with van der Waals surface area (Å²) >= 11 is 0. The van der Waals surface area contributed by atoms with E-state index in [0.29, 0.717) is 58.5 Å². The second kappa shape index (κ2) is 22.3. The average Bonchev–Trinajstić information content (AvgIpc) is 3.33. The smallest absolute Gasteiger partial charge is 0.340 e. The van der Waals surface area contributed by atoms with Crippen molar-refractivity contribution >= 4 is 41.6 Å². The van der Waals surface area contributed by atoms with Crippen molar-refractivity contribution < 1.29 is 23.7 Å². The van der Waals surface area contributed by atoms with Crippen LogP contribution in [-0.2, 0) is 16.7 Å². The lowest BCUT2D eigenvalue weighted by Crippen LogP contribution is -2.36. The van der Waals surface area contributed by atoms with Crippen LogP contribution in [0.1, 0.15) is 190 Å². The van der Waals surface area contributed by atoms with Gasteiger partial charge in [-0.25, -0.2) is 14.8 Å². The third-order valence-electron chi connectivity index (χ3n) is 14.4. The molecule has 2 fully saturated rings. The Morgan fingerprint density at radius 2 is 1.33 bits per heavy atom. The molecule has 1 N–H and O–H groups in total. The number of rotatable bonds is 14. The number of anilines is 2. The molecule has 5 aromatic rings. The Morgan fingerprint density at radius 3 is 1.87 bits per heavy atom. The lowest BCUT2D eigenvalue weighted by molar-refractivity contribution is -0.00715. The molecule has 2 saturated carbocycles. The first-order valence-electron chi connectivity index (χ1n) is 25.5. The molecule has 3 aliphatic rings. The van der Waals surface area contributed by atoms with Crippen molar-refractivity contribution in [2.24, 2.45) is 5.11 Å². The molecular formula is C57H76N7O5P. The predicted octanol–water partition coefficient (Wildman–Crippen LogP) is 15.3. The molecule has 0 amide bonds. The molecule has 12 nitrogen and oxygen atoms in total. The molecule has 0 radical (unpaired) electrons. The molecule has 13 heteroatoms. The van der Waals surface area contributed by atoms with Crippen LogP contribution in [-0.4, -0.2) is 59.2 Å². The fourth-order valence-corrected chi connectivity index (χ4v) is 14.8. The van der Waals surface area contributed by atoms with Gasteiger partial charge in [0.1, 0.15) is 34.5 Å². The molecule has 0 spiro atoms. The summed E-state index contributed by atoms with van der Waals surface area (Å²) < 4.78 is 23.4. The lowest BCUT2D eigenvalue weighted by atomic mass is 9.81. The van der Waals surface area contributed by atoms with Crippen LogP contribution in [0.5, 0.6) is 17.2 Å². The van der Waals surface area contributed by atoms with Gasteiger partial charge in [0.2, 0.25) is 0 Å². The first-order valence-corrected chi connectivity index (χ1v) is 27.0. The minimum Gasteiger partial charge on any atom is -0.496 e. The Balaban J connectivity index is 0.000000209. The number of ether oxygens (including phenoxy) is 4. The third kappa shape index (κ3) is 11.3. The van der Waals surface area contributed by atoms with Crippen LogP contribution in [0.3, 0.4) is 0 Å². The number of carbonyl (C=O) groups is 1. The number of carbonyl (C=O) groups excluding carboxylic acids is 1. The van der Waals surface area contributed by atoms with Gasteiger partial charge in [-0.05, 0) is 141 Å². The summed E-state index contributed by atoms with van der Waals surface area (Å²) in [5, 5.41) is 10.1. The van der Waals surface area contributed by atoms with Gasteiger partial charge in [0, 0.05) is 39.2 Å². The normalized spacial score (nSPS) is 16.4. The zero-order valence-electron chi connectivity index (χ0n) is 44.0. The second-order valence-corrected chi connectivity index (χ2v) is 24.1. The van der Waals surface area contributed by atoms with E-state index in [0.717, 1.165) is 33.6 Å². The van der Waals surface area contributed by atoms with Gasteiger partial charge < -0.3 is 24.3 Å². The Labute approximate surface area is 417 Å². The molecule has 1 aliphatic heterocycles. The lowest BCUT2D eigenvalue weighted by Gasteiger charge is -2.41. The van der Waals surface area contributed by atoms with Crippen LogP contribution in [0.15, 0.2) is 60.0 Å². The Hall–Kier alpha value is -5.44. The minimum atomic E-state index is -0.881. The number of pyridine rings is 3. The number of hydrogen-bond donors (Lipinski definition) is 1. The number of fused-ring (bicyclic) bond motifs is 2. The summed E-state index contributed by atoms with van der Waals surface area (Å²) in [4.78, 5) is 28.7. The number of hydrogen-bond acceptors (Lipinski definition) is 10. The second-order valence-electron chi connectivity index (χ2n) is 21.4. The van der Waals surface area contributed by atoms with E-state index in [2.05, 4.69) is 96.1 Å². The van der Waals surface area contributed by atoms with Crippen LogP contribution >= 0.6 is 7.92 Å². The standard InChI is InChI=1S/C35H53O2P.C22H23N7O3/c1-23(2)26-21-29(24(3)4)33(30(22-26)25(5)6)34-31(36-7)19-20-32(37-8)35(34)38(27-15-11-9-12-16-27)28-17-13-10-14-18-28;1-21(2)9-15-12(20(30)32-21)6-7-17(26-15)27-18-8-13-14(10-24-18)16(31-5)11-25-19(13)22(3,4)28-29-23/h19-25,27-28H,9-18H2,1-8H3;6-8,10-11H,9H2,1-5H3,(H,24,26,27). The van der Waals surface area contributed by atoms with E-state index in [1.165, 1.54) is 97.3 Å². The van der Waals surface area contributed by atoms with Crippen molar-refractivity contribution in [2.45, 2.75) is 180 Å². The van der Waals surface area contributed by atoms with Crippen molar-refractivity contribution in [1.82, 2.24) is 15.0 Å². The summed E-state index contributed by atoms with van der Waals surface area (Å²) in [5.41, 5.74) is 18.0. The average molecular weight is 970 g/mol. The van der Waals surface area contributed by atoms with Crippen molar-refractivity contribution in [1.29, 1.82) is 0 Å². The molecular weight excluding hydrogens is 894 g/mol. The van der Waals surface area contributed by atoms with Crippen molar-refractivity contribution in [3.63, 3.8) is 0 Å². The highest BCUT2D eigenvalue weighted by Crippen LogP contribution is 2.59. The van der Waals surface area contributed by atoms with Crippen LogP contribution in [0.25, 0.3) is 32.3 Å². The van der Waals surface area contributed by atoms with E-state index in [-0.39, 0.29) is 13.9 Å². The monoisotopic (exact) mass is 970 g/mol. The Morgan fingerprint density at radius 1 is 0.743 bits per heavy atom. The molecule has 2 aliphatic carbocycles. The van der Waals surface area contributed by atoms with Gasteiger partial charge in [-0.15, -0.1) is 0 Å². The van der Waals surface area contributed by atoms with Gasteiger partial charge >= 0.3 is 5.97 Å². The summed E-state index contributed by atoms with van der Waals surface area (Å²) in [7, 11) is 4.94. The quantitative estimate of drug-likeness (QED) is 0.0377. The van der Waals surface area contributed by atoms with E-state index < -0.39 is 11.1 Å². The minimum absolute atomic E-state index is 0.373. The molecule has 0 saturated heterocycles. The highest BCUT2D eigenvalue weighted by molar-refractivity contribution is 7.67. The molecule has 8 rings (SSSR count). The zero-order valence-corrected chi connectivity index (χ0v) is 44.9. The summed E-state index contributed by atoms with van der Waals surface area (Å²) in [6, 6.07) is 14.6.